The lowest BCUT2D eigenvalue weighted by Crippen LogP contribution is -2.47. The summed E-state index contributed by atoms with van der Waals surface area (Å²) in [4.78, 5) is 27.2. The molecular weight excluding hydrogens is 268 g/mol. The van der Waals surface area contributed by atoms with Gasteiger partial charge < -0.3 is 10.0 Å². The zero-order chi connectivity index (χ0) is 14.8. The van der Waals surface area contributed by atoms with Crippen molar-refractivity contribution in [3.8, 4) is 0 Å². The zero-order valence-corrected chi connectivity index (χ0v) is 12.0. The fraction of sp³-hybridized carbons (Fsp3) is 0.500. The Bertz CT molecular complexity index is 558. The molecule has 1 aromatic rings. The summed E-state index contributed by atoms with van der Waals surface area (Å²) in [6.45, 7) is 2.01. The van der Waals surface area contributed by atoms with Crippen LogP contribution in [0, 0.1) is 5.92 Å². The Labute approximate surface area is 124 Å². The molecule has 0 bridgehead atoms. The van der Waals surface area contributed by atoms with Crippen LogP contribution in [0.15, 0.2) is 24.3 Å². The van der Waals surface area contributed by atoms with E-state index < -0.39 is 5.97 Å². The number of para-hydroxylation sites is 1. The smallest absolute Gasteiger partial charge is 0.324 e. The van der Waals surface area contributed by atoms with Gasteiger partial charge in [0.2, 0.25) is 0 Å². The Kier molecular flexibility index (Phi) is 3.82. The fourth-order valence-corrected chi connectivity index (χ4v) is 3.36. The molecule has 5 heteroatoms. The number of piperidine rings is 1. The third-order valence-electron chi connectivity index (χ3n) is 4.37. The first-order valence-corrected chi connectivity index (χ1v) is 7.51. The largest absolute Gasteiger partial charge is 0.481 e. The highest BCUT2D eigenvalue weighted by Gasteiger charge is 2.31. The molecule has 0 aliphatic carbocycles. The number of hydrogen-bond acceptors (Lipinski definition) is 2. The number of benzene rings is 1. The molecule has 0 spiro atoms. The van der Waals surface area contributed by atoms with E-state index in [9.17, 15) is 9.59 Å². The van der Waals surface area contributed by atoms with Crippen molar-refractivity contribution in [1.29, 1.82) is 0 Å². The summed E-state index contributed by atoms with van der Waals surface area (Å²) in [5.41, 5.74) is 2.22. The van der Waals surface area contributed by atoms with Crippen molar-refractivity contribution in [2.24, 2.45) is 5.92 Å². The molecule has 3 rings (SSSR count). The number of rotatable bonds is 2. The second-order valence-corrected chi connectivity index (χ2v) is 5.87. The minimum absolute atomic E-state index is 0.0232. The van der Waals surface area contributed by atoms with Gasteiger partial charge in [-0.15, -0.1) is 0 Å². The van der Waals surface area contributed by atoms with Gasteiger partial charge in [0.25, 0.3) is 0 Å². The number of likely N-dealkylation sites (tertiary alicyclic amines) is 1. The van der Waals surface area contributed by atoms with E-state index in [0.29, 0.717) is 6.54 Å². The average Bonchev–Trinajstić information content (AvgIpc) is 2.90. The molecule has 1 saturated heterocycles. The lowest BCUT2D eigenvalue weighted by molar-refractivity contribution is -0.138. The van der Waals surface area contributed by atoms with Gasteiger partial charge in [-0.3, -0.25) is 9.69 Å². The van der Waals surface area contributed by atoms with Crippen molar-refractivity contribution in [2.75, 3.05) is 24.5 Å². The lowest BCUT2D eigenvalue weighted by atomic mass is 9.95. The Balaban J connectivity index is 1.70. The molecule has 1 unspecified atom stereocenters. The number of carboxylic acids is 1. The number of carbonyl (C=O) groups excluding carboxylic acids is 1. The highest BCUT2D eigenvalue weighted by Crippen LogP contribution is 2.29. The normalized spacial score (nSPS) is 21.2. The molecular formula is C16H20N2O3. The highest BCUT2D eigenvalue weighted by molar-refractivity contribution is 5.94. The first-order valence-electron chi connectivity index (χ1n) is 7.51. The van der Waals surface area contributed by atoms with Gasteiger partial charge in [-0.1, -0.05) is 18.2 Å². The third-order valence-corrected chi connectivity index (χ3v) is 4.37. The summed E-state index contributed by atoms with van der Waals surface area (Å²) >= 11 is 0. The number of hydrogen-bond donors (Lipinski definition) is 1. The molecule has 0 radical (unpaired) electrons. The molecule has 5 nitrogen and oxygen atoms in total. The van der Waals surface area contributed by atoms with Gasteiger partial charge in [0, 0.05) is 31.7 Å². The van der Waals surface area contributed by atoms with E-state index in [1.54, 1.807) is 0 Å². The molecule has 112 valence electrons. The summed E-state index contributed by atoms with van der Waals surface area (Å²) < 4.78 is 0. The van der Waals surface area contributed by atoms with Crippen molar-refractivity contribution in [3.05, 3.63) is 29.8 Å². The average molecular weight is 288 g/mol. The first kappa shape index (κ1) is 13.9. The van der Waals surface area contributed by atoms with E-state index in [4.69, 9.17) is 5.11 Å². The van der Waals surface area contributed by atoms with Crippen molar-refractivity contribution in [3.63, 3.8) is 0 Å². The van der Waals surface area contributed by atoms with Crippen LogP contribution >= 0.6 is 0 Å². The minimum Gasteiger partial charge on any atom is -0.481 e. The molecule has 1 N–H and O–H groups in total. The number of carboxylic acid groups (broad SMARTS) is 1. The van der Waals surface area contributed by atoms with E-state index in [2.05, 4.69) is 6.07 Å². The maximum Gasteiger partial charge on any atom is 0.324 e. The Morgan fingerprint density at radius 3 is 2.86 bits per heavy atom. The van der Waals surface area contributed by atoms with Crippen LogP contribution in [-0.4, -0.2) is 41.6 Å². The van der Waals surface area contributed by atoms with Gasteiger partial charge in [0.05, 0.1) is 0 Å². The summed E-state index contributed by atoms with van der Waals surface area (Å²) in [6.07, 6.45) is 2.83. The van der Waals surface area contributed by atoms with Crippen molar-refractivity contribution >= 4 is 17.7 Å². The van der Waals surface area contributed by atoms with Crippen molar-refractivity contribution < 1.29 is 14.7 Å². The van der Waals surface area contributed by atoms with Crippen LogP contribution < -0.4 is 4.90 Å². The number of amides is 2. The van der Waals surface area contributed by atoms with Crippen LogP contribution in [0.5, 0.6) is 0 Å². The lowest BCUT2D eigenvalue weighted by Gasteiger charge is -2.35. The molecule has 1 fully saturated rings. The van der Waals surface area contributed by atoms with E-state index in [-0.39, 0.29) is 18.4 Å². The Morgan fingerprint density at radius 2 is 2.05 bits per heavy atom. The number of aliphatic carboxylic acids is 1. The van der Waals surface area contributed by atoms with Crippen LogP contribution in [0.3, 0.4) is 0 Å². The zero-order valence-electron chi connectivity index (χ0n) is 12.0. The van der Waals surface area contributed by atoms with Gasteiger partial charge in [0.1, 0.15) is 0 Å². The van der Waals surface area contributed by atoms with Gasteiger partial charge in [-0.05, 0) is 36.8 Å². The van der Waals surface area contributed by atoms with E-state index in [1.807, 2.05) is 28.0 Å². The predicted molar refractivity (Wildman–Crippen MR) is 79.4 cm³/mol. The molecule has 2 aliphatic heterocycles. The number of anilines is 1. The molecule has 0 aromatic heterocycles. The molecule has 0 saturated carbocycles. The topological polar surface area (TPSA) is 60.9 Å². The van der Waals surface area contributed by atoms with Gasteiger partial charge in [0.15, 0.2) is 0 Å². The molecule has 2 heterocycles. The highest BCUT2D eigenvalue weighted by atomic mass is 16.4. The standard InChI is InChI=1S/C16H20N2O3/c19-15(20)10-12-4-3-8-17(11-12)16(21)18-9-7-13-5-1-2-6-14(13)18/h1-2,5-6,12H,3-4,7-11H2,(H,19,20). The van der Waals surface area contributed by atoms with E-state index >= 15 is 0 Å². The quantitative estimate of drug-likeness (QED) is 0.908. The molecule has 21 heavy (non-hydrogen) atoms. The summed E-state index contributed by atoms with van der Waals surface area (Å²) in [7, 11) is 0. The van der Waals surface area contributed by atoms with Gasteiger partial charge in [-0.2, -0.15) is 0 Å². The summed E-state index contributed by atoms with van der Waals surface area (Å²) in [5, 5.41) is 8.92. The maximum absolute atomic E-state index is 12.7. The number of fused-ring (bicyclic) bond motifs is 1. The first-order chi connectivity index (χ1) is 10.1. The van der Waals surface area contributed by atoms with Crippen molar-refractivity contribution in [1.82, 2.24) is 4.90 Å². The minimum atomic E-state index is -0.777. The molecule has 2 amide bonds. The second-order valence-electron chi connectivity index (χ2n) is 5.87. The van der Waals surface area contributed by atoms with Gasteiger partial charge in [-0.25, -0.2) is 4.79 Å². The van der Waals surface area contributed by atoms with Crippen LogP contribution in [0.25, 0.3) is 0 Å². The molecule has 1 atom stereocenters. The summed E-state index contributed by atoms with van der Waals surface area (Å²) in [5.74, 6) is -0.695. The third kappa shape index (κ3) is 2.86. The van der Waals surface area contributed by atoms with Crippen LogP contribution in [0.1, 0.15) is 24.8 Å². The monoisotopic (exact) mass is 288 g/mol. The van der Waals surface area contributed by atoms with Crippen LogP contribution in [-0.2, 0) is 11.2 Å². The Morgan fingerprint density at radius 1 is 1.24 bits per heavy atom. The maximum atomic E-state index is 12.7. The fourth-order valence-electron chi connectivity index (χ4n) is 3.36. The van der Waals surface area contributed by atoms with Gasteiger partial charge >= 0.3 is 12.0 Å². The molecule has 1 aromatic carbocycles. The molecule has 2 aliphatic rings. The predicted octanol–water partition coefficient (Wildman–Crippen LogP) is 2.36. The SMILES string of the molecule is O=C(O)CC1CCCN(C(=O)N2CCc3ccccc32)C1. The number of urea groups is 1. The van der Waals surface area contributed by atoms with E-state index in [1.165, 1.54) is 5.56 Å². The van der Waals surface area contributed by atoms with E-state index in [0.717, 1.165) is 38.0 Å². The van der Waals surface area contributed by atoms with Crippen LogP contribution in [0.2, 0.25) is 0 Å². The Hall–Kier alpha value is -2.04. The van der Waals surface area contributed by atoms with Crippen molar-refractivity contribution in [2.45, 2.75) is 25.7 Å². The second kappa shape index (κ2) is 5.76. The summed E-state index contributed by atoms with van der Waals surface area (Å²) in [6, 6.07) is 8.02. The van der Waals surface area contributed by atoms with Crippen LogP contribution in [0.4, 0.5) is 10.5 Å². The number of carbonyl (C=O) groups is 2. The number of nitrogens with zero attached hydrogens (tertiary/aromatic N) is 2.